The Morgan fingerprint density at radius 3 is 2.35 bits per heavy atom. The zero-order chi connectivity index (χ0) is 12.9. The standard InChI is InChI=1S/C15H26N2/c1-5-13(2)17(4)12-15(3,11-16)14-9-7-6-8-10-14/h6-10,13H,5,11-12,16H2,1-4H3. The van der Waals surface area contributed by atoms with Crippen LogP contribution in [0.5, 0.6) is 0 Å². The Balaban J connectivity index is 2.83. The van der Waals surface area contributed by atoms with Gasteiger partial charge in [-0.15, -0.1) is 0 Å². The minimum absolute atomic E-state index is 0.0411. The van der Waals surface area contributed by atoms with Gasteiger partial charge in [0, 0.05) is 24.5 Å². The van der Waals surface area contributed by atoms with Crippen LogP contribution in [0.4, 0.5) is 0 Å². The third kappa shape index (κ3) is 3.55. The zero-order valence-corrected chi connectivity index (χ0v) is 11.6. The molecule has 0 bridgehead atoms. The zero-order valence-electron chi connectivity index (χ0n) is 11.6. The molecular weight excluding hydrogens is 208 g/mol. The number of hydrogen-bond donors (Lipinski definition) is 1. The maximum atomic E-state index is 6.00. The number of benzene rings is 1. The van der Waals surface area contributed by atoms with E-state index in [1.165, 1.54) is 12.0 Å². The molecule has 1 rings (SSSR count). The lowest BCUT2D eigenvalue weighted by atomic mass is 9.82. The molecule has 96 valence electrons. The highest BCUT2D eigenvalue weighted by Crippen LogP contribution is 2.24. The number of hydrogen-bond acceptors (Lipinski definition) is 2. The first-order valence-corrected chi connectivity index (χ1v) is 6.49. The molecule has 2 unspecified atom stereocenters. The molecule has 2 N–H and O–H groups in total. The van der Waals surface area contributed by atoms with Gasteiger partial charge in [0.15, 0.2) is 0 Å². The molecule has 0 amide bonds. The molecule has 0 radical (unpaired) electrons. The SMILES string of the molecule is CCC(C)N(C)CC(C)(CN)c1ccccc1. The van der Waals surface area contributed by atoms with Gasteiger partial charge < -0.3 is 10.6 Å². The summed E-state index contributed by atoms with van der Waals surface area (Å²) >= 11 is 0. The summed E-state index contributed by atoms with van der Waals surface area (Å²) in [5.41, 5.74) is 7.37. The molecule has 0 spiro atoms. The summed E-state index contributed by atoms with van der Waals surface area (Å²) in [5.74, 6) is 0. The molecule has 0 aliphatic rings. The van der Waals surface area contributed by atoms with Gasteiger partial charge >= 0.3 is 0 Å². The van der Waals surface area contributed by atoms with Crippen LogP contribution in [0.25, 0.3) is 0 Å². The van der Waals surface area contributed by atoms with E-state index < -0.39 is 0 Å². The number of likely N-dealkylation sites (N-methyl/N-ethyl adjacent to an activating group) is 1. The van der Waals surface area contributed by atoms with Crippen LogP contribution in [0.15, 0.2) is 30.3 Å². The number of nitrogens with zero attached hydrogens (tertiary/aromatic N) is 1. The van der Waals surface area contributed by atoms with Gasteiger partial charge in [0.1, 0.15) is 0 Å². The molecular formula is C15H26N2. The molecule has 0 saturated heterocycles. The van der Waals surface area contributed by atoms with E-state index in [1.54, 1.807) is 0 Å². The smallest absolute Gasteiger partial charge is 0.0174 e. The Labute approximate surface area is 106 Å². The highest BCUT2D eigenvalue weighted by atomic mass is 15.1. The summed E-state index contributed by atoms with van der Waals surface area (Å²) in [6, 6.07) is 11.2. The van der Waals surface area contributed by atoms with E-state index in [1.807, 2.05) is 0 Å². The topological polar surface area (TPSA) is 29.3 Å². The third-order valence-electron chi connectivity index (χ3n) is 3.86. The van der Waals surface area contributed by atoms with Crippen molar-refractivity contribution in [2.45, 2.75) is 38.6 Å². The molecule has 0 aliphatic heterocycles. The van der Waals surface area contributed by atoms with Gasteiger partial charge in [-0.3, -0.25) is 0 Å². The lowest BCUT2D eigenvalue weighted by Crippen LogP contribution is -2.45. The molecule has 2 heteroatoms. The summed E-state index contributed by atoms with van der Waals surface area (Å²) in [6.45, 7) is 8.42. The first-order chi connectivity index (χ1) is 8.03. The van der Waals surface area contributed by atoms with E-state index >= 15 is 0 Å². The van der Waals surface area contributed by atoms with Gasteiger partial charge in [0.2, 0.25) is 0 Å². The lowest BCUT2D eigenvalue weighted by molar-refractivity contribution is 0.202. The summed E-state index contributed by atoms with van der Waals surface area (Å²) in [6.07, 6.45) is 1.17. The fourth-order valence-corrected chi connectivity index (χ4v) is 2.13. The van der Waals surface area contributed by atoms with Crippen molar-refractivity contribution in [1.82, 2.24) is 4.90 Å². The van der Waals surface area contributed by atoms with Crippen LogP contribution in [0.2, 0.25) is 0 Å². The molecule has 0 saturated carbocycles. The highest BCUT2D eigenvalue weighted by molar-refractivity contribution is 5.25. The van der Waals surface area contributed by atoms with Gasteiger partial charge in [-0.25, -0.2) is 0 Å². The van der Waals surface area contributed by atoms with Crippen molar-refractivity contribution >= 4 is 0 Å². The van der Waals surface area contributed by atoms with Crippen LogP contribution in [0.1, 0.15) is 32.8 Å². The largest absolute Gasteiger partial charge is 0.330 e. The van der Waals surface area contributed by atoms with Crippen LogP contribution in [-0.2, 0) is 5.41 Å². The quantitative estimate of drug-likeness (QED) is 0.820. The van der Waals surface area contributed by atoms with Crippen LogP contribution < -0.4 is 5.73 Å². The first kappa shape index (κ1) is 14.2. The Morgan fingerprint density at radius 1 is 1.29 bits per heavy atom. The van der Waals surface area contributed by atoms with Crippen LogP contribution in [-0.4, -0.2) is 31.1 Å². The predicted molar refractivity (Wildman–Crippen MR) is 75.2 cm³/mol. The summed E-state index contributed by atoms with van der Waals surface area (Å²) in [7, 11) is 2.19. The fourth-order valence-electron chi connectivity index (χ4n) is 2.13. The average molecular weight is 234 g/mol. The van der Waals surface area contributed by atoms with Crippen molar-refractivity contribution in [1.29, 1.82) is 0 Å². The van der Waals surface area contributed by atoms with Crippen molar-refractivity contribution in [2.75, 3.05) is 20.1 Å². The van der Waals surface area contributed by atoms with E-state index in [0.29, 0.717) is 12.6 Å². The van der Waals surface area contributed by atoms with E-state index in [4.69, 9.17) is 5.73 Å². The monoisotopic (exact) mass is 234 g/mol. The highest BCUT2D eigenvalue weighted by Gasteiger charge is 2.27. The Bertz CT molecular complexity index is 323. The summed E-state index contributed by atoms with van der Waals surface area (Å²) < 4.78 is 0. The molecule has 17 heavy (non-hydrogen) atoms. The molecule has 2 atom stereocenters. The molecule has 0 heterocycles. The van der Waals surface area contributed by atoms with Crippen LogP contribution in [0.3, 0.4) is 0 Å². The fraction of sp³-hybridized carbons (Fsp3) is 0.600. The van der Waals surface area contributed by atoms with E-state index in [2.05, 4.69) is 63.1 Å². The Hall–Kier alpha value is -0.860. The Kier molecular flexibility index (Phi) is 5.16. The van der Waals surface area contributed by atoms with Gasteiger partial charge in [-0.1, -0.05) is 44.2 Å². The number of rotatable bonds is 6. The van der Waals surface area contributed by atoms with Crippen LogP contribution in [0, 0.1) is 0 Å². The molecule has 1 aromatic carbocycles. The summed E-state index contributed by atoms with van der Waals surface area (Å²) in [5, 5.41) is 0. The van der Waals surface area contributed by atoms with Crippen molar-refractivity contribution in [3.05, 3.63) is 35.9 Å². The second-order valence-corrected chi connectivity index (χ2v) is 5.30. The van der Waals surface area contributed by atoms with Crippen LogP contribution >= 0.6 is 0 Å². The average Bonchev–Trinajstić information content (AvgIpc) is 2.38. The number of nitrogens with two attached hydrogens (primary N) is 1. The van der Waals surface area contributed by atoms with Crippen molar-refractivity contribution in [3.63, 3.8) is 0 Å². The Morgan fingerprint density at radius 2 is 1.88 bits per heavy atom. The van der Waals surface area contributed by atoms with E-state index in [0.717, 1.165) is 6.54 Å². The van der Waals surface area contributed by atoms with E-state index in [-0.39, 0.29) is 5.41 Å². The first-order valence-electron chi connectivity index (χ1n) is 6.49. The third-order valence-corrected chi connectivity index (χ3v) is 3.86. The summed E-state index contributed by atoms with van der Waals surface area (Å²) in [4.78, 5) is 2.40. The van der Waals surface area contributed by atoms with Gasteiger partial charge in [-0.05, 0) is 26.0 Å². The minimum atomic E-state index is 0.0411. The molecule has 0 fully saturated rings. The van der Waals surface area contributed by atoms with Gasteiger partial charge in [0.05, 0.1) is 0 Å². The lowest BCUT2D eigenvalue weighted by Gasteiger charge is -2.36. The molecule has 0 aromatic heterocycles. The predicted octanol–water partition coefficient (Wildman–Crippen LogP) is 2.63. The van der Waals surface area contributed by atoms with Gasteiger partial charge in [-0.2, -0.15) is 0 Å². The second kappa shape index (κ2) is 6.18. The van der Waals surface area contributed by atoms with Crippen molar-refractivity contribution in [2.24, 2.45) is 5.73 Å². The molecule has 1 aromatic rings. The molecule has 2 nitrogen and oxygen atoms in total. The maximum Gasteiger partial charge on any atom is 0.0174 e. The molecule has 0 aliphatic carbocycles. The van der Waals surface area contributed by atoms with E-state index in [9.17, 15) is 0 Å². The second-order valence-electron chi connectivity index (χ2n) is 5.30. The van der Waals surface area contributed by atoms with Crippen molar-refractivity contribution in [3.8, 4) is 0 Å². The van der Waals surface area contributed by atoms with Crippen molar-refractivity contribution < 1.29 is 0 Å². The minimum Gasteiger partial charge on any atom is -0.330 e. The maximum absolute atomic E-state index is 6.00. The van der Waals surface area contributed by atoms with Gasteiger partial charge in [0.25, 0.3) is 0 Å². The normalized spacial score (nSPS) is 16.8.